The van der Waals surface area contributed by atoms with Crippen molar-refractivity contribution in [2.75, 3.05) is 11.1 Å². The predicted octanol–water partition coefficient (Wildman–Crippen LogP) is 3.48. The summed E-state index contributed by atoms with van der Waals surface area (Å²) in [5.74, 6) is -0.253. The van der Waals surface area contributed by atoms with E-state index in [-0.39, 0.29) is 11.7 Å². The van der Waals surface area contributed by atoms with E-state index in [9.17, 15) is 9.90 Å². The molecule has 98 valence electrons. The molecule has 1 amide bonds. The van der Waals surface area contributed by atoms with Crippen molar-refractivity contribution in [2.45, 2.75) is 0 Å². The van der Waals surface area contributed by atoms with Gasteiger partial charge in [-0.2, -0.15) is 0 Å². The monoisotopic (exact) mass is 388 g/mol. The van der Waals surface area contributed by atoms with Gasteiger partial charge in [0.15, 0.2) is 0 Å². The highest BCUT2D eigenvalue weighted by Crippen LogP contribution is 2.24. The maximum absolute atomic E-state index is 12.0. The van der Waals surface area contributed by atoms with Crippen LogP contribution in [0.25, 0.3) is 0 Å². The Bertz CT molecular complexity index is 647. The zero-order valence-electron chi connectivity index (χ0n) is 9.65. The van der Waals surface area contributed by atoms with Gasteiger partial charge in [0.2, 0.25) is 0 Å². The van der Waals surface area contributed by atoms with Gasteiger partial charge < -0.3 is 16.2 Å². The van der Waals surface area contributed by atoms with Crippen LogP contribution in [0.4, 0.5) is 11.4 Å². The van der Waals surface area contributed by atoms with Crippen LogP contribution in [-0.2, 0) is 0 Å². The first-order chi connectivity index (χ1) is 8.97. The van der Waals surface area contributed by atoms with Crippen LogP contribution in [0.3, 0.4) is 0 Å². The van der Waals surface area contributed by atoms with Gasteiger partial charge in [-0.1, -0.05) is 11.6 Å². The molecule has 0 saturated carbocycles. The molecule has 4 N–H and O–H groups in total. The second kappa shape index (κ2) is 5.66. The average molecular weight is 389 g/mol. The van der Waals surface area contributed by atoms with Crippen LogP contribution in [-0.4, -0.2) is 11.0 Å². The first-order valence-corrected chi connectivity index (χ1v) is 6.78. The molecular formula is C13H10ClIN2O2. The molecule has 0 unspecified atom stereocenters. The van der Waals surface area contributed by atoms with E-state index in [1.54, 1.807) is 30.3 Å². The molecule has 0 heterocycles. The highest BCUT2D eigenvalue weighted by molar-refractivity contribution is 14.1. The van der Waals surface area contributed by atoms with E-state index in [1.165, 1.54) is 6.07 Å². The highest BCUT2D eigenvalue weighted by atomic mass is 127. The molecule has 0 aliphatic carbocycles. The summed E-state index contributed by atoms with van der Waals surface area (Å²) >= 11 is 7.78. The van der Waals surface area contributed by atoms with Crippen LogP contribution in [0.1, 0.15) is 10.4 Å². The van der Waals surface area contributed by atoms with Crippen molar-refractivity contribution in [2.24, 2.45) is 0 Å². The number of nitrogen functional groups attached to an aromatic ring is 1. The quantitative estimate of drug-likeness (QED) is 0.544. The molecule has 0 fully saturated rings. The number of phenols is 1. The lowest BCUT2D eigenvalue weighted by atomic mass is 10.2. The molecule has 0 atom stereocenters. The van der Waals surface area contributed by atoms with Gasteiger partial charge >= 0.3 is 0 Å². The molecule has 6 heteroatoms. The minimum absolute atomic E-state index is 0.0730. The molecule has 0 radical (unpaired) electrons. The zero-order valence-corrected chi connectivity index (χ0v) is 12.6. The third-order valence-corrected chi connectivity index (χ3v) is 3.72. The minimum Gasteiger partial charge on any atom is -0.507 e. The first-order valence-electron chi connectivity index (χ1n) is 5.32. The van der Waals surface area contributed by atoms with E-state index in [0.29, 0.717) is 25.5 Å². The van der Waals surface area contributed by atoms with Gasteiger partial charge in [0.1, 0.15) is 5.75 Å². The van der Waals surface area contributed by atoms with Crippen molar-refractivity contribution in [1.82, 2.24) is 0 Å². The molecule has 0 bridgehead atoms. The van der Waals surface area contributed by atoms with E-state index in [4.69, 9.17) is 17.3 Å². The van der Waals surface area contributed by atoms with Crippen LogP contribution in [0.5, 0.6) is 5.75 Å². The molecule has 0 aliphatic heterocycles. The van der Waals surface area contributed by atoms with Gasteiger partial charge in [-0.25, -0.2) is 0 Å². The van der Waals surface area contributed by atoms with Gasteiger partial charge in [0, 0.05) is 11.3 Å². The second-order valence-corrected chi connectivity index (χ2v) is 5.43. The van der Waals surface area contributed by atoms with Crippen molar-refractivity contribution < 1.29 is 9.90 Å². The fourth-order valence-corrected chi connectivity index (χ4v) is 1.93. The number of nitrogens with one attached hydrogen (secondary N) is 1. The number of anilines is 2. The predicted molar refractivity (Wildman–Crippen MR) is 84.6 cm³/mol. The van der Waals surface area contributed by atoms with Crippen molar-refractivity contribution in [3.63, 3.8) is 0 Å². The second-order valence-electron chi connectivity index (χ2n) is 3.86. The van der Waals surface area contributed by atoms with Gasteiger partial charge in [-0.3, -0.25) is 4.79 Å². The molecule has 0 saturated heterocycles. The van der Waals surface area contributed by atoms with E-state index in [0.717, 1.165) is 0 Å². The van der Waals surface area contributed by atoms with E-state index in [1.807, 2.05) is 22.6 Å². The maximum Gasteiger partial charge on any atom is 0.255 e. The van der Waals surface area contributed by atoms with Crippen LogP contribution < -0.4 is 11.1 Å². The molecule has 0 aromatic heterocycles. The van der Waals surface area contributed by atoms with E-state index < -0.39 is 0 Å². The van der Waals surface area contributed by atoms with E-state index >= 15 is 0 Å². The van der Waals surface area contributed by atoms with Crippen LogP contribution in [0, 0.1) is 3.57 Å². The fourth-order valence-electron chi connectivity index (χ4n) is 1.48. The van der Waals surface area contributed by atoms with Crippen LogP contribution in [0.2, 0.25) is 5.02 Å². The number of phenolic OH excluding ortho intramolecular Hbond substituents is 1. The Morgan fingerprint density at radius 1 is 1.26 bits per heavy atom. The number of rotatable bonds is 2. The normalized spacial score (nSPS) is 10.2. The van der Waals surface area contributed by atoms with Crippen molar-refractivity contribution >= 4 is 51.5 Å². The summed E-state index contributed by atoms with van der Waals surface area (Å²) in [7, 11) is 0. The molecule has 2 aromatic carbocycles. The maximum atomic E-state index is 12.0. The van der Waals surface area contributed by atoms with Gasteiger partial charge in [-0.15, -0.1) is 0 Å². The topological polar surface area (TPSA) is 75.3 Å². The number of carbonyl (C=O) groups excluding carboxylic acids is 1. The number of nitrogens with two attached hydrogens (primary N) is 1. The smallest absolute Gasteiger partial charge is 0.255 e. The Balaban J connectivity index is 2.20. The SMILES string of the molecule is Nc1cc(NC(=O)c2ccc(I)c(O)c2)ccc1Cl. The third kappa shape index (κ3) is 3.30. The van der Waals surface area contributed by atoms with E-state index in [2.05, 4.69) is 5.32 Å². The number of hydrogen-bond donors (Lipinski definition) is 3. The molecule has 0 aliphatic rings. The summed E-state index contributed by atoms with van der Waals surface area (Å²) in [5.41, 5.74) is 6.96. The summed E-state index contributed by atoms with van der Waals surface area (Å²) in [6, 6.07) is 9.56. The zero-order chi connectivity index (χ0) is 14.0. The average Bonchev–Trinajstić information content (AvgIpc) is 2.37. The molecule has 19 heavy (non-hydrogen) atoms. The standard InChI is InChI=1S/C13H10ClIN2O2/c14-9-3-2-8(6-11(9)16)17-13(19)7-1-4-10(15)12(18)5-7/h1-6,18H,16H2,(H,17,19). The number of carbonyl (C=O) groups is 1. The molecule has 2 aromatic rings. The van der Waals surface area contributed by atoms with Gasteiger partial charge in [0.25, 0.3) is 5.91 Å². The lowest BCUT2D eigenvalue weighted by Gasteiger charge is -2.07. The third-order valence-electron chi connectivity index (χ3n) is 2.46. The summed E-state index contributed by atoms with van der Waals surface area (Å²) in [5, 5.41) is 12.7. The Morgan fingerprint density at radius 2 is 2.00 bits per heavy atom. The van der Waals surface area contributed by atoms with Crippen molar-refractivity contribution in [3.8, 4) is 5.75 Å². The lowest BCUT2D eigenvalue weighted by Crippen LogP contribution is -2.12. The van der Waals surface area contributed by atoms with Gasteiger partial charge in [-0.05, 0) is 59.0 Å². The Morgan fingerprint density at radius 3 is 2.63 bits per heavy atom. The van der Waals surface area contributed by atoms with Crippen LogP contribution >= 0.6 is 34.2 Å². The molecular weight excluding hydrogens is 379 g/mol. The number of amides is 1. The van der Waals surface area contributed by atoms with Gasteiger partial charge in [0.05, 0.1) is 14.3 Å². The first kappa shape index (κ1) is 14.0. The highest BCUT2D eigenvalue weighted by Gasteiger charge is 2.09. The van der Waals surface area contributed by atoms with Crippen molar-refractivity contribution in [1.29, 1.82) is 0 Å². The van der Waals surface area contributed by atoms with Crippen molar-refractivity contribution in [3.05, 3.63) is 50.6 Å². The molecule has 2 rings (SSSR count). The minimum atomic E-state index is -0.326. The largest absolute Gasteiger partial charge is 0.507 e. The number of benzene rings is 2. The fraction of sp³-hybridized carbons (Fsp3) is 0. The molecule has 0 spiro atoms. The number of hydrogen-bond acceptors (Lipinski definition) is 3. The number of halogens is 2. The number of aromatic hydroxyl groups is 1. The summed E-state index contributed by atoms with van der Waals surface area (Å²) in [6.07, 6.45) is 0. The lowest BCUT2D eigenvalue weighted by molar-refractivity contribution is 0.102. The summed E-state index contributed by atoms with van der Waals surface area (Å²) < 4.78 is 0.685. The Kier molecular flexibility index (Phi) is 4.16. The Hall–Kier alpha value is -1.47. The Labute approximate surface area is 128 Å². The summed E-state index contributed by atoms with van der Waals surface area (Å²) in [4.78, 5) is 12.0. The molecule has 4 nitrogen and oxygen atoms in total. The summed E-state index contributed by atoms with van der Waals surface area (Å²) in [6.45, 7) is 0. The van der Waals surface area contributed by atoms with Crippen LogP contribution in [0.15, 0.2) is 36.4 Å².